The average Bonchev–Trinajstić information content (AvgIpc) is 3.21. The first-order chi connectivity index (χ1) is 15.0. The summed E-state index contributed by atoms with van der Waals surface area (Å²) in [6.45, 7) is 2.44. The van der Waals surface area contributed by atoms with Gasteiger partial charge in [0.15, 0.2) is 5.11 Å². The molecule has 0 unspecified atom stereocenters. The fraction of sp³-hybridized carbons (Fsp3) is 0.0870. The van der Waals surface area contributed by atoms with E-state index in [1.165, 1.54) is 4.90 Å². The Morgan fingerprint density at radius 2 is 1.71 bits per heavy atom. The third-order valence-corrected chi connectivity index (χ3v) is 5.50. The summed E-state index contributed by atoms with van der Waals surface area (Å²) in [4.78, 5) is 27.1. The number of hydrogen-bond acceptors (Lipinski definition) is 4. The predicted molar refractivity (Wildman–Crippen MR) is 127 cm³/mol. The minimum Gasteiger partial charge on any atom is -0.494 e. The zero-order valence-electron chi connectivity index (χ0n) is 16.5. The van der Waals surface area contributed by atoms with Crippen LogP contribution in [-0.4, -0.2) is 28.1 Å². The van der Waals surface area contributed by atoms with E-state index in [0.29, 0.717) is 23.7 Å². The highest BCUT2D eigenvalue weighted by Crippen LogP contribution is 2.25. The van der Waals surface area contributed by atoms with Gasteiger partial charge in [0.1, 0.15) is 11.3 Å². The fourth-order valence-corrected chi connectivity index (χ4v) is 3.79. The van der Waals surface area contributed by atoms with Crippen molar-refractivity contribution in [1.29, 1.82) is 0 Å². The van der Waals surface area contributed by atoms with E-state index in [9.17, 15) is 9.59 Å². The standard InChI is InChI=1S/C23H18BrN3O3S/c1-2-30-19-11-9-17(10-12-19)27-22(29)20(21(28)25-23(27)31)14-18-4-3-13-26(18)16-7-5-15(24)6-8-16/h3-14H,2H2,1H3,(H,25,28,31). The van der Waals surface area contributed by atoms with Gasteiger partial charge in [-0.3, -0.25) is 19.8 Å². The molecule has 4 rings (SSSR count). The van der Waals surface area contributed by atoms with Crippen molar-refractivity contribution in [3.63, 3.8) is 0 Å². The molecule has 1 fully saturated rings. The van der Waals surface area contributed by atoms with Gasteiger partial charge in [0.05, 0.1) is 12.3 Å². The third-order valence-electron chi connectivity index (χ3n) is 4.68. The van der Waals surface area contributed by atoms with Crippen LogP contribution in [-0.2, 0) is 9.59 Å². The zero-order valence-corrected chi connectivity index (χ0v) is 18.9. The second kappa shape index (κ2) is 8.87. The van der Waals surface area contributed by atoms with Crippen molar-refractivity contribution in [2.24, 2.45) is 0 Å². The summed E-state index contributed by atoms with van der Waals surface area (Å²) in [5.41, 5.74) is 2.15. The highest BCUT2D eigenvalue weighted by Gasteiger charge is 2.34. The van der Waals surface area contributed by atoms with Crippen molar-refractivity contribution in [1.82, 2.24) is 9.88 Å². The van der Waals surface area contributed by atoms with Crippen molar-refractivity contribution < 1.29 is 14.3 Å². The van der Waals surface area contributed by atoms with E-state index >= 15 is 0 Å². The summed E-state index contributed by atoms with van der Waals surface area (Å²) in [6.07, 6.45) is 3.44. The molecule has 1 aliphatic rings. The maximum Gasteiger partial charge on any atom is 0.270 e. The van der Waals surface area contributed by atoms with Crippen LogP contribution < -0.4 is 15.0 Å². The van der Waals surface area contributed by atoms with Gasteiger partial charge in [0.25, 0.3) is 11.8 Å². The second-order valence-corrected chi connectivity index (χ2v) is 7.97. The van der Waals surface area contributed by atoms with Crippen LogP contribution in [0.25, 0.3) is 11.8 Å². The number of rotatable bonds is 5. The Bertz CT molecular complexity index is 1180. The van der Waals surface area contributed by atoms with Gasteiger partial charge in [-0.25, -0.2) is 0 Å². The van der Waals surface area contributed by atoms with Gasteiger partial charge >= 0.3 is 0 Å². The Balaban J connectivity index is 1.69. The largest absolute Gasteiger partial charge is 0.494 e. The van der Waals surface area contributed by atoms with E-state index in [1.54, 1.807) is 30.3 Å². The van der Waals surface area contributed by atoms with E-state index in [2.05, 4.69) is 21.2 Å². The van der Waals surface area contributed by atoms with Crippen LogP contribution in [0.5, 0.6) is 5.75 Å². The molecule has 1 saturated heterocycles. The molecule has 2 heterocycles. The van der Waals surface area contributed by atoms with Gasteiger partial charge in [0.2, 0.25) is 0 Å². The number of thiocarbonyl (C=S) groups is 1. The number of anilines is 1. The molecule has 1 aromatic heterocycles. The van der Waals surface area contributed by atoms with E-state index < -0.39 is 11.8 Å². The quantitative estimate of drug-likeness (QED) is 0.322. The molecular formula is C23H18BrN3O3S. The molecule has 156 valence electrons. The number of nitrogens with one attached hydrogen (secondary N) is 1. The Labute approximate surface area is 193 Å². The number of amides is 2. The Morgan fingerprint density at radius 1 is 1.03 bits per heavy atom. The average molecular weight is 496 g/mol. The third kappa shape index (κ3) is 4.30. The summed E-state index contributed by atoms with van der Waals surface area (Å²) in [5.74, 6) is -0.323. The first-order valence-electron chi connectivity index (χ1n) is 9.55. The molecule has 2 amide bonds. The second-order valence-electron chi connectivity index (χ2n) is 6.66. The number of aromatic nitrogens is 1. The predicted octanol–water partition coefficient (Wildman–Crippen LogP) is 4.47. The van der Waals surface area contributed by atoms with Crippen LogP contribution in [0.2, 0.25) is 0 Å². The summed E-state index contributed by atoms with van der Waals surface area (Å²) in [6, 6.07) is 18.4. The maximum atomic E-state index is 13.2. The zero-order chi connectivity index (χ0) is 22.0. The molecular weight excluding hydrogens is 478 g/mol. The van der Waals surface area contributed by atoms with Gasteiger partial charge < -0.3 is 9.30 Å². The number of halogens is 1. The molecule has 1 aliphatic heterocycles. The topological polar surface area (TPSA) is 63.6 Å². The summed E-state index contributed by atoms with van der Waals surface area (Å²) in [7, 11) is 0. The number of carbonyl (C=O) groups is 2. The lowest BCUT2D eigenvalue weighted by molar-refractivity contribution is -0.122. The van der Waals surface area contributed by atoms with Gasteiger partial charge in [0, 0.05) is 22.1 Å². The molecule has 0 bridgehead atoms. The lowest BCUT2D eigenvalue weighted by atomic mass is 10.1. The SMILES string of the molecule is CCOc1ccc(N2C(=O)C(=Cc3cccn3-c3ccc(Br)cc3)C(=O)NC2=S)cc1. The van der Waals surface area contributed by atoms with E-state index in [-0.39, 0.29) is 10.7 Å². The molecule has 3 aromatic rings. The van der Waals surface area contributed by atoms with Crippen molar-refractivity contribution in [3.8, 4) is 11.4 Å². The maximum absolute atomic E-state index is 13.2. The molecule has 8 heteroatoms. The van der Waals surface area contributed by atoms with Gasteiger partial charge in [-0.2, -0.15) is 0 Å². The van der Waals surface area contributed by atoms with Gasteiger partial charge in [-0.1, -0.05) is 15.9 Å². The molecule has 6 nitrogen and oxygen atoms in total. The van der Waals surface area contributed by atoms with Crippen molar-refractivity contribution in [2.75, 3.05) is 11.5 Å². The van der Waals surface area contributed by atoms with Crippen LogP contribution >= 0.6 is 28.1 Å². The summed E-state index contributed by atoms with van der Waals surface area (Å²) >= 11 is 8.69. The van der Waals surface area contributed by atoms with Gasteiger partial charge in [-0.05, 0) is 85.9 Å². The first kappa shape index (κ1) is 21.0. The molecule has 0 saturated carbocycles. The lowest BCUT2D eigenvalue weighted by Gasteiger charge is -2.29. The minimum atomic E-state index is -0.527. The number of carbonyl (C=O) groups excluding carboxylic acids is 2. The fourth-order valence-electron chi connectivity index (χ4n) is 3.25. The highest BCUT2D eigenvalue weighted by molar-refractivity contribution is 9.10. The van der Waals surface area contributed by atoms with Crippen LogP contribution in [0.4, 0.5) is 5.69 Å². The van der Waals surface area contributed by atoms with Crippen molar-refractivity contribution >= 4 is 56.8 Å². The number of ether oxygens (including phenoxy) is 1. The summed E-state index contributed by atoms with van der Waals surface area (Å²) in [5, 5.41) is 2.65. The van der Waals surface area contributed by atoms with E-state index in [4.69, 9.17) is 17.0 Å². The Morgan fingerprint density at radius 3 is 2.39 bits per heavy atom. The van der Waals surface area contributed by atoms with E-state index in [0.717, 1.165) is 10.2 Å². The number of hydrogen-bond donors (Lipinski definition) is 1. The normalized spacial score (nSPS) is 15.4. The number of nitrogens with zero attached hydrogens (tertiary/aromatic N) is 2. The van der Waals surface area contributed by atoms with Crippen LogP contribution in [0.1, 0.15) is 12.6 Å². The first-order valence-corrected chi connectivity index (χ1v) is 10.8. The number of benzene rings is 2. The summed E-state index contributed by atoms with van der Waals surface area (Å²) < 4.78 is 8.31. The molecule has 0 aliphatic carbocycles. The van der Waals surface area contributed by atoms with Crippen molar-refractivity contribution in [2.45, 2.75) is 6.92 Å². The van der Waals surface area contributed by atoms with E-state index in [1.807, 2.05) is 54.1 Å². The molecule has 31 heavy (non-hydrogen) atoms. The molecule has 0 atom stereocenters. The van der Waals surface area contributed by atoms with Crippen LogP contribution in [0, 0.1) is 0 Å². The molecule has 1 N–H and O–H groups in total. The monoisotopic (exact) mass is 495 g/mol. The lowest BCUT2D eigenvalue weighted by Crippen LogP contribution is -2.54. The Hall–Kier alpha value is -3.23. The smallest absolute Gasteiger partial charge is 0.270 e. The van der Waals surface area contributed by atoms with Gasteiger partial charge in [-0.15, -0.1) is 0 Å². The van der Waals surface area contributed by atoms with Crippen LogP contribution in [0.3, 0.4) is 0 Å². The molecule has 0 radical (unpaired) electrons. The minimum absolute atomic E-state index is 0.000420. The highest BCUT2D eigenvalue weighted by atomic mass is 79.9. The molecule has 0 spiro atoms. The molecule has 2 aromatic carbocycles. The van der Waals surface area contributed by atoms with Crippen LogP contribution in [0.15, 0.2) is 76.9 Å². The Kier molecular flexibility index (Phi) is 6.01. The van der Waals surface area contributed by atoms with Crippen molar-refractivity contribution in [3.05, 3.63) is 82.6 Å².